The fourth-order valence-electron chi connectivity index (χ4n) is 2.38. The number of benzene rings is 1. The van der Waals surface area contributed by atoms with E-state index < -0.39 is 0 Å². The Labute approximate surface area is 144 Å². The van der Waals surface area contributed by atoms with Gasteiger partial charge < -0.3 is 10.1 Å². The standard InChI is InChI=1S/C20H25N3O/c1-15-10-11-17(14-21)19(23-15)24-18(12-13-22-20(2,3)4)16-8-6-5-7-9-16/h5-11,18,22H,12-13H2,1-4H3/t18-/m1/s1. The number of nitrogens with zero attached hydrogens (tertiary/aromatic N) is 2. The van der Waals surface area contributed by atoms with E-state index >= 15 is 0 Å². The average molecular weight is 323 g/mol. The lowest BCUT2D eigenvalue weighted by Crippen LogP contribution is -2.37. The molecule has 0 saturated heterocycles. The molecule has 1 N–H and O–H groups in total. The van der Waals surface area contributed by atoms with Crippen LogP contribution in [0.5, 0.6) is 5.88 Å². The van der Waals surface area contributed by atoms with Crippen LogP contribution in [-0.2, 0) is 0 Å². The molecule has 1 aromatic heterocycles. The molecule has 0 aliphatic heterocycles. The van der Waals surface area contributed by atoms with Gasteiger partial charge in [-0.25, -0.2) is 4.98 Å². The van der Waals surface area contributed by atoms with Crippen LogP contribution in [0.15, 0.2) is 42.5 Å². The van der Waals surface area contributed by atoms with E-state index in [9.17, 15) is 5.26 Å². The highest BCUT2D eigenvalue weighted by atomic mass is 16.5. The zero-order valence-electron chi connectivity index (χ0n) is 14.8. The molecule has 4 heteroatoms. The SMILES string of the molecule is Cc1ccc(C#N)c(O[C@H](CCNC(C)(C)C)c2ccccc2)n1. The number of hydrogen-bond donors (Lipinski definition) is 1. The quantitative estimate of drug-likeness (QED) is 0.867. The largest absolute Gasteiger partial charge is 0.468 e. The molecule has 2 rings (SSSR count). The monoisotopic (exact) mass is 323 g/mol. The third-order valence-electron chi connectivity index (χ3n) is 3.61. The normalized spacial score (nSPS) is 12.5. The Hall–Kier alpha value is -2.38. The summed E-state index contributed by atoms with van der Waals surface area (Å²) in [6.45, 7) is 9.13. The van der Waals surface area contributed by atoms with Gasteiger partial charge >= 0.3 is 0 Å². The van der Waals surface area contributed by atoms with E-state index in [1.807, 2.05) is 43.3 Å². The summed E-state index contributed by atoms with van der Waals surface area (Å²) in [5, 5.41) is 12.8. The Morgan fingerprint density at radius 3 is 2.50 bits per heavy atom. The van der Waals surface area contributed by atoms with Crippen molar-refractivity contribution in [2.75, 3.05) is 6.54 Å². The summed E-state index contributed by atoms with van der Waals surface area (Å²) in [6.07, 6.45) is 0.643. The molecule has 0 amide bonds. The first kappa shape index (κ1) is 18.0. The highest BCUT2D eigenvalue weighted by Crippen LogP contribution is 2.26. The van der Waals surface area contributed by atoms with Crippen molar-refractivity contribution in [3.63, 3.8) is 0 Å². The fraction of sp³-hybridized carbons (Fsp3) is 0.400. The summed E-state index contributed by atoms with van der Waals surface area (Å²) < 4.78 is 6.14. The zero-order chi connectivity index (χ0) is 17.6. The predicted molar refractivity (Wildman–Crippen MR) is 95.9 cm³/mol. The molecule has 1 heterocycles. The maximum Gasteiger partial charge on any atom is 0.232 e. The number of ether oxygens (including phenoxy) is 1. The van der Waals surface area contributed by atoms with Gasteiger partial charge in [-0.05, 0) is 51.9 Å². The Morgan fingerprint density at radius 1 is 1.17 bits per heavy atom. The molecule has 2 aromatic rings. The van der Waals surface area contributed by atoms with E-state index in [1.165, 1.54) is 0 Å². The molecule has 0 saturated carbocycles. The fourth-order valence-corrected chi connectivity index (χ4v) is 2.38. The third-order valence-corrected chi connectivity index (χ3v) is 3.61. The van der Waals surface area contributed by atoms with Crippen molar-refractivity contribution in [1.29, 1.82) is 5.26 Å². The molecular weight excluding hydrogens is 298 g/mol. The highest BCUT2D eigenvalue weighted by Gasteiger charge is 2.18. The van der Waals surface area contributed by atoms with Crippen molar-refractivity contribution in [2.24, 2.45) is 0 Å². The second kappa shape index (κ2) is 7.94. The van der Waals surface area contributed by atoms with E-state index in [0.29, 0.717) is 11.4 Å². The molecule has 24 heavy (non-hydrogen) atoms. The number of pyridine rings is 1. The van der Waals surface area contributed by atoms with Gasteiger partial charge in [0.25, 0.3) is 0 Å². The second-order valence-corrected chi connectivity index (χ2v) is 6.90. The predicted octanol–water partition coefficient (Wildman–Crippen LogP) is 4.16. The molecule has 0 fully saturated rings. The molecular formula is C20H25N3O. The van der Waals surface area contributed by atoms with Gasteiger partial charge in [0, 0.05) is 17.7 Å². The van der Waals surface area contributed by atoms with Crippen LogP contribution >= 0.6 is 0 Å². The van der Waals surface area contributed by atoms with Crippen LogP contribution in [-0.4, -0.2) is 17.1 Å². The number of aromatic nitrogens is 1. The van der Waals surface area contributed by atoms with Crippen molar-refractivity contribution in [1.82, 2.24) is 10.3 Å². The van der Waals surface area contributed by atoms with Crippen molar-refractivity contribution in [2.45, 2.75) is 45.8 Å². The third kappa shape index (κ3) is 5.36. The lowest BCUT2D eigenvalue weighted by Gasteiger charge is -2.24. The first-order chi connectivity index (χ1) is 11.4. The molecule has 0 bridgehead atoms. The molecule has 4 nitrogen and oxygen atoms in total. The summed E-state index contributed by atoms with van der Waals surface area (Å²) in [6, 6.07) is 15.8. The van der Waals surface area contributed by atoms with Crippen LogP contribution in [0, 0.1) is 18.3 Å². The van der Waals surface area contributed by atoms with Crippen molar-refractivity contribution >= 4 is 0 Å². The maximum atomic E-state index is 9.29. The Balaban J connectivity index is 2.20. The van der Waals surface area contributed by atoms with Crippen LogP contribution in [0.2, 0.25) is 0 Å². The van der Waals surface area contributed by atoms with Gasteiger partial charge in [0.15, 0.2) is 0 Å². The first-order valence-corrected chi connectivity index (χ1v) is 8.23. The molecule has 1 aromatic carbocycles. The van der Waals surface area contributed by atoms with Crippen LogP contribution in [0.1, 0.15) is 50.1 Å². The van der Waals surface area contributed by atoms with Gasteiger partial charge in [0.05, 0.1) is 0 Å². The minimum Gasteiger partial charge on any atom is -0.468 e. The van der Waals surface area contributed by atoms with Crippen LogP contribution < -0.4 is 10.1 Å². The van der Waals surface area contributed by atoms with Crippen molar-refractivity contribution < 1.29 is 4.74 Å². The van der Waals surface area contributed by atoms with Gasteiger partial charge in [-0.2, -0.15) is 5.26 Å². The summed E-state index contributed by atoms with van der Waals surface area (Å²) >= 11 is 0. The number of rotatable bonds is 6. The Morgan fingerprint density at radius 2 is 1.88 bits per heavy atom. The summed E-state index contributed by atoms with van der Waals surface area (Å²) in [4.78, 5) is 4.40. The number of nitrogens with one attached hydrogen (secondary N) is 1. The Kier molecular flexibility index (Phi) is 5.94. The van der Waals surface area contributed by atoms with Crippen molar-refractivity contribution in [3.8, 4) is 11.9 Å². The molecule has 0 aliphatic carbocycles. The maximum absolute atomic E-state index is 9.29. The first-order valence-electron chi connectivity index (χ1n) is 8.23. The number of aryl methyl sites for hydroxylation is 1. The molecule has 0 aliphatic rings. The minimum absolute atomic E-state index is 0.0562. The summed E-state index contributed by atoms with van der Waals surface area (Å²) in [5.74, 6) is 0.405. The summed E-state index contributed by atoms with van der Waals surface area (Å²) in [5.41, 5.74) is 2.44. The van der Waals surface area contributed by atoms with Gasteiger partial charge in [-0.15, -0.1) is 0 Å². The average Bonchev–Trinajstić information content (AvgIpc) is 2.54. The molecule has 0 radical (unpaired) electrons. The Bertz CT molecular complexity index is 699. The van der Waals surface area contributed by atoms with Gasteiger partial charge in [-0.3, -0.25) is 0 Å². The van der Waals surface area contributed by atoms with E-state index in [-0.39, 0.29) is 11.6 Å². The van der Waals surface area contributed by atoms with Crippen LogP contribution in [0.4, 0.5) is 0 Å². The molecule has 0 unspecified atom stereocenters. The zero-order valence-corrected chi connectivity index (χ0v) is 14.8. The lowest BCUT2D eigenvalue weighted by atomic mass is 10.0. The van der Waals surface area contributed by atoms with Crippen molar-refractivity contribution in [3.05, 3.63) is 59.3 Å². The van der Waals surface area contributed by atoms with E-state index in [2.05, 4.69) is 37.1 Å². The van der Waals surface area contributed by atoms with Crippen LogP contribution in [0.3, 0.4) is 0 Å². The van der Waals surface area contributed by atoms with E-state index in [1.54, 1.807) is 6.07 Å². The topological polar surface area (TPSA) is 57.9 Å². The second-order valence-electron chi connectivity index (χ2n) is 6.90. The van der Waals surface area contributed by atoms with E-state index in [4.69, 9.17) is 4.74 Å². The lowest BCUT2D eigenvalue weighted by molar-refractivity contribution is 0.181. The van der Waals surface area contributed by atoms with Crippen LogP contribution in [0.25, 0.3) is 0 Å². The van der Waals surface area contributed by atoms with Gasteiger partial charge in [-0.1, -0.05) is 30.3 Å². The van der Waals surface area contributed by atoms with Gasteiger partial charge in [0.1, 0.15) is 17.7 Å². The van der Waals surface area contributed by atoms with Gasteiger partial charge in [0.2, 0.25) is 5.88 Å². The highest BCUT2D eigenvalue weighted by molar-refractivity contribution is 5.39. The number of nitriles is 1. The molecule has 0 spiro atoms. The summed E-state index contributed by atoms with van der Waals surface area (Å²) in [7, 11) is 0. The molecule has 126 valence electrons. The molecule has 1 atom stereocenters. The minimum atomic E-state index is -0.151. The van der Waals surface area contributed by atoms with E-state index in [0.717, 1.165) is 24.2 Å². The smallest absolute Gasteiger partial charge is 0.232 e. The number of hydrogen-bond acceptors (Lipinski definition) is 4.